The van der Waals surface area contributed by atoms with Crippen molar-refractivity contribution in [2.45, 2.75) is 6.42 Å². The number of hydrogen-bond acceptors (Lipinski definition) is 5. The normalized spacial score (nSPS) is 15.4. The van der Waals surface area contributed by atoms with Crippen LogP contribution in [0.25, 0.3) is 0 Å². The van der Waals surface area contributed by atoms with Crippen LogP contribution in [0.5, 0.6) is 0 Å². The van der Waals surface area contributed by atoms with E-state index in [9.17, 15) is 9.59 Å². The molecule has 27 heavy (non-hydrogen) atoms. The molecule has 1 aromatic carbocycles. The lowest BCUT2D eigenvalue weighted by Gasteiger charge is -2.32. The summed E-state index contributed by atoms with van der Waals surface area (Å²) < 4.78 is 5.05. The Morgan fingerprint density at radius 2 is 1.78 bits per heavy atom. The smallest absolute Gasteiger partial charge is 0.291 e. The number of anilines is 1. The molecule has 0 bridgehead atoms. The molecule has 1 fully saturated rings. The number of piperazine rings is 1. The predicted octanol–water partition coefficient (Wildman–Crippen LogP) is 1.90. The Hall–Kier alpha value is -2.64. The molecular weight excluding hydrogens is 344 g/mol. The van der Waals surface area contributed by atoms with Crippen LogP contribution in [0.1, 0.15) is 27.3 Å². The minimum Gasteiger partial charge on any atom is -0.459 e. The number of furan rings is 1. The van der Waals surface area contributed by atoms with E-state index >= 15 is 0 Å². The highest BCUT2D eigenvalue weighted by atomic mass is 16.3. The van der Waals surface area contributed by atoms with Gasteiger partial charge in [0, 0.05) is 44.0 Å². The molecule has 2 amide bonds. The lowest BCUT2D eigenvalue weighted by atomic mass is 10.2. The molecule has 0 spiro atoms. The molecule has 0 saturated carbocycles. The zero-order valence-corrected chi connectivity index (χ0v) is 15.6. The van der Waals surface area contributed by atoms with E-state index in [2.05, 4.69) is 27.5 Å². The van der Waals surface area contributed by atoms with Crippen molar-refractivity contribution in [2.24, 2.45) is 0 Å². The summed E-state index contributed by atoms with van der Waals surface area (Å²) in [5.74, 6) is -0.171. The van der Waals surface area contributed by atoms with E-state index < -0.39 is 0 Å². The number of rotatable bonds is 7. The highest BCUT2D eigenvalue weighted by Gasteiger charge is 2.13. The number of benzene rings is 1. The molecule has 0 radical (unpaired) electrons. The van der Waals surface area contributed by atoms with Gasteiger partial charge in [0.05, 0.1) is 6.26 Å². The second-order valence-electron chi connectivity index (χ2n) is 6.76. The summed E-state index contributed by atoms with van der Waals surface area (Å²) >= 11 is 0. The van der Waals surface area contributed by atoms with Crippen molar-refractivity contribution >= 4 is 17.5 Å². The number of amides is 2. The van der Waals surface area contributed by atoms with Crippen LogP contribution in [0.2, 0.25) is 0 Å². The van der Waals surface area contributed by atoms with Gasteiger partial charge in [-0.15, -0.1) is 0 Å². The first-order valence-corrected chi connectivity index (χ1v) is 9.26. The standard InChI is InChI=1S/C20H26N4O3/c1-23-11-13-24(14-12-23)10-3-9-21-19(25)16-5-7-17(8-6-16)22-20(26)18-4-2-15-27-18/h2,4-8,15H,3,9-14H2,1H3,(H,21,25)(H,22,26). The van der Waals surface area contributed by atoms with E-state index in [4.69, 9.17) is 4.42 Å². The Morgan fingerprint density at radius 3 is 2.44 bits per heavy atom. The van der Waals surface area contributed by atoms with Gasteiger partial charge in [0.2, 0.25) is 0 Å². The fraction of sp³-hybridized carbons (Fsp3) is 0.400. The molecule has 3 rings (SSSR count). The Balaban J connectivity index is 1.39. The van der Waals surface area contributed by atoms with Gasteiger partial charge in [-0.3, -0.25) is 9.59 Å². The van der Waals surface area contributed by atoms with E-state index in [-0.39, 0.29) is 17.6 Å². The first kappa shape index (κ1) is 19.1. The van der Waals surface area contributed by atoms with Crippen LogP contribution in [0.4, 0.5) is 5.69 Å². The third-order valence-electron chi connectivity index (χ3n) is 4.68. The zero-order valence-electron chi connectivity index (χ0n) is 15.6. The molecule has 7 nitrogen and oxygen atoms in total. The van der Waals surface area contributed by atoms with Crippen molar-refractivity contribution in [3.63, 3.8) is 0 Å². The minimum atomic E-state index is -0.318. The second kappa shape index (κ2) is 9.34. The maximum absolute atomic E-state index is 12.2. The van der Waals surface area contributed by atoms with Gasteiger partial charge >= 0.3 is 0 Å². The van der Waals surface area contributed by atoms with Crippen molar-refractivity contribution < 1.29 is 14.0 Å². The van der Waals surface area contributed by atoms with Crippen LogP contribution in [-0.4, -0.2) is 67.9 Å². The van der Waals surface area contributed by atoms with Crippen molar-refractivity contribution in [1.82, 2.24) is 15.1 Å². The third-order valence-corrected chi connectivity index (χ3v) is 4.68. The summed E-state index contributed by atoms with van der Waals surface area (Å²) in [4.78, 5) is 28.9. The van der Waals surface area contributed by atoms with Crippen LogP contribution >= 0.6 is 0 Å². The number of carbonyl (C=O) groups excluding carboxylic acids is 2. The van der Waals surface area contributed by atoms with E-state index in [1.165, 1.54) is 6.26 Å². The fourth-order valence-corrected chi connectivity index (χ4v) is 2.98. The largest absolute Gasteiger partial charge is 0.459 e. The van der Waals surface area contributed by atoms with Crippen molar-refractivity contribution in [2.75, 3.05) is 51.6 Å². The summed E-state index contributed by atoms with van der Waals surface area (Å²) in [6.07, 6.45) is 2.39. The minimum absolute atomic E-state index is 0.0997. The highest BCUT2D eigenvalue weighted by Crippen LogP contribution is 2.12. The molecule has 1 aliphatic heterocycles. The lowest BCUT2D eigenvalue weighted by Crippen LogP contribution is -2.45. The molecule has 0 atom stereocenters. The fourth-order valence-electron chi connectivity index (χ4n) is 2.98. The summed E-state index contributed by atoms with van der Waals surface area (Å²) in [6, 6.07) is 10.1. The summed E-state index contributed by atoms with van der Waals surface area (Å²) in [5.41, 5.74) is 1.19. The predicted molar refractivity (Wildman–Crippen MR) is 104 cm³/mol. The highest BCUT2D eigenvalue weighted by molar-refractivity contribution is 6.02. The van der Waals surface area contributed by atoms with Gasteiger partial charge in [0.15, 0.2) is 5.76 Å². The quantitative estimate of drug-likeness (QED) is 0.728. The molecule has 2 heterocycles. The molecule has 2 aromatic rings. The Morgan fingerprint density at radius 1 is 1.04 bits per heavy atom. The monoisotopic (exact) mass is 370 g/mol. The van der Waals surface area contributed by atoms with E-state index in [1.807, 2.05) is 0 Å². The van der Waals surface area contributed by atoms with Crippen LogP contribution in [0.15, 0.2) is 47.1 Å². The van der Waals surface area contributed by atoms with Crippen molar-refractivity contribution in [3.05, 3.63) is 54.0 Å². The molecule has 0 unspecified atom stereocenters. The number of hydrogen-bond donors (Lipinski definition) is 2. The maximum Gasteiger partial charge on any atom is 0.291 e. The second-order valence-corrected chi connectivity index (χ2v) is 6.76. The zero-order chi connectivity index (χ0) is 19.1. The van der Waals surface area contributed by atoms with E-state index in [0.29, 0.717) is 17.8 Å². The number of likely N-dealkylation sites (N-methyl/N-ethyl adjacent to an activating group) is 1. The summed E-state index contributed by atoms with van der Waals surface area (Å²) in [6.45, 7) is 6.06. The first-order chi connectivity index (χ1) is 13.1. The van der Waals surface area contributed by atoms with Gasteiger partial charge in [0.25, 0.3) is 11.8 Å². The Bertz CT molecular complexity index is 735. The molecule has 1 aliphatic rings. The summed E-state index contributed by atoms with van der Waals surface area (Å²) in [7, 11) is 2.14. The first-order valence-electron chi connectivity index (χ1n) is 9.26. The molecular formula is C20H26N4O3. The van der Waals surface area contributed by atoms with Gasteiger partial charge in [-0.25, -0.2) is 0 Å². The molecule has 2 N–H and O–H groups in total. The number of carbonyl (C=O) groups is 2. The number of nitrogens with one attached hydrogen (secondary N) is 2. The topological polar surface area (TPSA) is 77.8 Å². The van der Waals surface area contributed by atoms with Gasteiger partial charge in [0.1, 0.15) is 0 Å². The Kier molecular flexibility index (Phi) is 6.62. The van der Waals surface area contributed by atoms with Crippen molar-refractivity contribution in [3.8, 4) is 0 Å². The van der Waals surface area contributed by atoms with Gasteiger partial charge < -0.3 is 24.9 Å². The van der Waals surface area contributed by atoms with E-state index in [1.54, 1.807) is 36.4 Å². The number of nitrogens with zero attached hydrogens (tertiary/aromatic N) is 2. The van der Waals surface area contributed by atoms with Crippen LogP contribution in [0, 0.1) is 0 Å². The average molecular weight is 370 g/mol. The maximum atomic E-state index is 12.2. The van der Waals surface area contributed by atoms with Crippen molar-refractivity contribution in [1.29, 1.82) is 0 Å². The van der Waals surface area contributed by atoms with Gasteiger partial charge in [-0.05, 0) is 56.4 Å². The van der Waals surface area contributed by atoms with Gasteiger partial charge in [-0.2, -0.15) is 0 Å². The van der Waals surface area contributed by atoms with E-state index in [0.717, 1.165) is 39.1 Å². The molecule has 1 aromatic heterocycles. The molecule has 0 aliphatic carbocycles. The third kappa shape index (κ3) is 5.67. The molecule has 144 valence electrons. The molecule has 1 saturated heterocycles. The average Bonchev–Trinajstić information content (AvgIpc) is 3.22. The van der Waals surface area contributed by atoms with Crippen LogP contribution in [0.3, 0.4) is 0 Å². The lowest BCUT2D eigenvalue weighted by molar-refractivity contribution is 0.0948. The molecule has 7 heteroatoms. The van der Waals surface area contributed by atoms with Crippen LogP contribution < -0.4 is 10.6 Å². The SMILES string of the molecule is CN1CCN(CCCNC(=O)c2ccc(NC(=O)c3ccco3)cc2)CC1. The Labute approximate surface area is 159 Å². The summed E-state index contributed by atoms with van der Waals surface area (Å²) in [5, 5.41) is 5.68. The van der Waals surface area contributed by atoms with Gasteiger partial charge in [-0.1, -0.05) is 0 Å². The van der Waals surface area contributed by atoms with Crippen LogP contribution in [-0.2, 0) is 0 Å².